The Kier molecular flexibility index (Phi) is 7.19. The number of benzene rings is 3. The van der Waals surface area contributed by atoms with Gasteiger partial charge in [0.05, 0.1) is 6.61 Å². The van der Waals surface area contributed by atoms with Crippen LogP contribution in [-0.2, 0) is 11.2 Å². The van der Waals surface area contributed by atoms with Crippen LogP contribution in [0.25, 0.3) is 0 Å². The predicted molar refractivity (Wildman–Crippen MR) is 114 cm³/mol. The number of carbonyl (C=O) groups is 2. The zero-order chi connectivity index (χ0) is 21.3. The predicted octanol–water partition coefficient (Wildman–Crippen LogP) is 3.40. The number of carboxylic acid groups (broad SMARTS) is 1. The van der Waals surface area contributed by atoms with E-state index >= 15 is 0 Å². The third-order valence-electron chi connectivity index (χ3n) is 4.56. The van der Waals surface area contributed by atoms with Crippen LogP contribution in [0.5, 0.6) is 5.75 Å². The van der Waals surface area contributed by atoms with Gasteiger partial charge in [0.2, 0.25) is 0 Å². The summed E-state index contributed by atoms with van der Waals surface area (Å²) in [4.78, 5) is 24.7. The smallest absolute Gasteiger partial charge is 0.326 e. The molecule has 0 aliphatic heterocycles. The Balaban J connectivity index is 1.77. The lowest BCUT2D eigenvalue weighted by Gasteiger charge is -2.18. The molecule has 1 atom stereocenters. The number of rotatable bonds is 10. The number of ketones is 1. The molecular formula is C24H23NO5. The molecule has 3 rings (SSSR count). The molecule has 6 nitrogen and oxygen atoms in total. The minimum atomic E-state index is -1.02. The minimum Gasteiger partial charge on any atom is -0.491 e. The molecule has 0 amide bonds. The van der Waals surface area contributed by atoms with E-state index in [9.17, 15) is 14.7 Å². The van der Waals surface area contributed by atoms with Crippen LogP contribution >= 0.6 is 0 Å². The Hall–Kier alpha value is -3.64. The fourth-order valence-corrected chi connectivity index (χ4v) is 3.06. The summed E-state index contributed by atoms with van der Waals surface area (Å²) in [6, 6.07) is 21.9. The SMILES string of the molecule is O=C(c1ccccc1)c1ccccc1NC(Cc1ccc(OCCO)cc1)C(=O)O. The number of carboxylic acids is 1. The molecule has 0 spiro atoms. The zero-order valence-electron chi connectivity index (χ0n) is 16.3. The molecule has 3 N–H and O–H groups in total. The average molecular weight is 405 g/mol. The summed E-state index contributed by atoms with van der Waals surface area (Å²) in [5.41, 5.74) is 2.24. The lowest BCUT2D eigenvalue weighted by Crippen LogP contribution is -2.32. The van der Waals surface area contributed by atoms with E-state index in [1.807, 2.05) is 6.07 Å². The van der Waals surface area contributed by atoms with Crippen molar-refractivity contribution in [3.05, 3.63) is 95.6 Å². The summed E-state index contributed by atoms with van der Waals surface area (Å²) in [6.07, 6.45) is 0.226. The maximum Gasteiger partial charge on any atom is 0.326 e. The monoisotopic (exact) mass is 405 g/mol. The molecule has 0 saturated carbocycles. The van der Waals surface area contributed by atoms with Crippen molar-refractivity contribution in [2.24, 2.45) is 0 Å². The van der Waals surface area contributed by atoms with Gasteiger partial charge in [0.25, 0.3) is 0 Å². The maximum atomic E-state index is 12.9. The summed E-state index contributed by atoms with van der Waals surface area (Å²) < 4.78 is 5.32. The van der Waals surface area contributed by atoms with Crippen LogP contribution in [-0.4, -0.2) is 41.2 Å². The van der Waals surface area contributed by atoms with Crippen molar-refractivity contribution >= 4 is 17.4 Å². The quantitative estimate of drug-likeness (QED) is 0.448. The number of anilines is 1. The number of ether oxygens (including phenoxy) is 1. The van der Waals surface area contributed by atoms with Crippen LogP contribution in [0.4, 0.5) is 5.69 Å². The Morgan fingerprint density at radius 2 is 1.57 bits per heavy atom. The van der Waals surface area contributed by atoms with Crippen molar-refractivity contribution in [3.63, 3.8) is 0 Å². The fraction of sp³-hybridized carbons (Fsp3) is 0.167. The van der Waals surface area contributed by atoms with E-state index in [0.29, 0.717) is 22.6 Å². The molecule has 0 radical (unpaired) electrons. The largest absolute Gasteiger partial charge is 0.491 e. The number of aliphatic hydroxyl groups excluding tert-OH is 1. The molecule has 3 aromatic rings. The van der Waals surface area contributed by atoms with Crippen molar-refractivity contribution in [1.29, 1.82) is 0 Å². The Morgan fingerprint density at radius 3 is 2.23 bits per heavy atom. The van der Waals surface area contributed by atoms with Gasteiger partial charge in [-0.25, -0.2) is 4.79 Å². The lowest BCUT2D eigenvalue weighted by molar-refractivity contribution is -0.137. The highest BCUT2D eigenvalue weighted by Gasteiger charge is 2.21. The number of carbonyl (C=O) groups excluding carboxylic acids is 1. The van der Waals surface area contributed by atoms with Crippen LogP contribution in [0.2, 0.25) is 0 Å². The van der Waals surface area contributed by atoms with Gasteiger partial charge in [0.15, 0.2) is 5.78 Å². The highest BCUT2D eigenvalue weighted by molar-refractivity contribution is 6.12. The molecule has 30 heavy (non-hydrogen) atoms. The number of hydrogen-bond acceptors (Lipinski definition) is 5. The number of para-hydroxylation sites is 1. The standard InChI is InChI=1S/C24H23NO5/c26-14-15-30-19-12-10-17(11-13-19)16-22(24(28)29)25-21-9-5-4-8-20(21)23(27)18-6-2-1-3-7-18/h1-13,22,25-26H,14-16H2,(H,28,29). The van der Waals surface area contributed by atoms with Gasteiger partial charge >= 0.3 is 5.97 Å². The van der Waals surface area contributed by atoms with Gasteiger partial charge in [-0.1, -0.05) is 54.6 Å². The molecule has 0 saturated heterocycles. The van der Waals surface area contributed by atoms with Crippen molar-refractivity contribution in [1.82, 2.24) is 0 Å². The number of nitrogens with one attached hydrogen (secondary N) is 1. The molecule has 0 fully saturated rings. The summed E-state index contributed by atoms with van der Waals surface area (Å²) >= 11 is 0. The van der Waals surface area contributed by atoms with Gasteiger partial charge < -0.3 is 20.3 Å². The van der Waals surface area contributed by atoms with Crippen molar-refractivity contribution in [2.45, 2.75) is 12.5 Å². The molecule has 0 heterocycles. The van der Waals surface area contributed by atoms with E-state index < -0.39 is 12.0 Å². The molecule has 154 valence electrons. The molecule has 0 bridgehead atoms. The third-order valence-corrected chi connectivity index (χ3v) is 4.56. The van der Waals surface area contributed by atoms with E-state index in [1.54, 1.807) is 72.8 Å². The van der Waals surface area contributed by atoms with Gasteiger partial charge in [-0.15, -0.1) is 0 Å². The highest BCUT2D eigenvalue weighted by Crippen LogP contribution is 2.22. The normalized spacial score (nSPS) is 11.5. The summed E-state index contributed by atoms with van der Waals surface area (Å²) in [6.45, 7) is 0.124. The Labute approximate surface area is 174 Å². The van der Waals surface area contributed by atoms with Crippen LogP contribution in [0, 0.1) is 0 Å². The van der Waals surface area contributed by atoms with E-state index in [1.165, 1.54) is 0 Å². The van der Waals surface area contributed by atoms with Crippen molar-refractivity contribution in [2.75, 3.05) is 18.5 Å². The molecule has 3 aromatic carbocycles. The second-order valence-corrected chi connectivity index (χ2v) is 6.70. The number of hydrogen-bond donors (Lipinski definition) is 3. The zero-order valence-corrected chi connectivity index (χ0v) is 16.3. The second-order valence-electron chi connectivity index (χ2n) is 6.70. The topological polar surface area (TPSA) is 95.9 Å². The van der Waals surface area contributed by atoms with Crippen LogP contribution in [0.15, 0.2) is 78.9 Å². The molecule has 0 aromatic heterocycles. The van der Waals surface area contributed by atoms with Gasteiger partial charge in [0.1, 0.15) is 18.4 Å². The summed E-state index contributed by atoms with van der Waals surface area (Å²) in [5.74, 6) is -0.586. The first-order valence-corrected chi connectivity index (χ1v) is 9.59. The van der Waals surface area contributed by atoms with E-state index in [-0.39, 0.29) is 25.4 Å². The lowest BCUT2D eigenvalue weighted by atomic mass is 10.00. The van der Waals surface area contributed by atoms with Crippen LogP contribution in [0.1, 0.15) is 21.5 Å². The Bertz CT molecular complexity index is 986. The first-order chi connectivity index (χ1) is 14.6. The van der Waals surface area contributed by atoms with E-state index in [4.69, 9.17) is 9.84 Å². The first-order valence-electron chi connectivity index (χ1n) is 9.59. The number of aliphatic hydroxyl groups is 1. The minimum absolute atomic E-state index is 0.0755. The van der Waals surface area contributed by atoms with E-state index in [0.717, 1.165) is 5.56 Å². The number of aliphatic carboxylic acids is 1. The highest BCUT2D eigenvalue weighted by atomic mass is 16.5. The Morgan fingerprint density at radius 1 is 0.900 bits per heavy atom. The van der Waals surface area contributed by atoms with Gasteiger partial charge in [-0.3, -0.25) is 4.79 Å². The summed E-state index contributed by atoms with van der Waals surface area (Å²) in [5, 5.41) is 21.5. The van der Waals surface area contributed by atoms with Crippen molar-refractivity contribution in [3.8, 4) is 5.75 Å². The van der Waals surface area contributed by atoms with Gasteiger partial charge in [-0.2, -0.15) is 0 Å². The van der Waals surface area contributed by atoms with Crippen LogP contribution < -0.4 is 10.1 Å². The second kappa shape index (κ2) is 10.2. The molecule has 0 aliphatic rings. The van der Waals surface area contributed by atoms with Gasteiger partial charge in [-0.05, 0) is 29.8 Å². The molecular weight excluding hydrogens is 382 g/mol. The fourth-order valence-electron chi connectivity index (χ4n) is 3.06. The van der Waals surface area contributed by atoms with Crippen molar-refractivity contribution < 1.29 is 24.5 Å². The molecule has 0 aliphatic carbocycles. The van der Waals surface area contributed by atoms with Gasteiger partial charge in [0, 0.05) is 23.2 Å². The first kappa shape index (κ1) is 21.1. The van der Waals surface area contributed by atoms with Crippen LogP contribution in [0.3, 0.4) is 0 Å². The average Bonchev–Trinajstić information content (AvgIpc) is 2.78. The van der Waals surface area contributed by atoms with E-state index in [2.05, 4.69) is 5.32 Å². The third kappa shape index (κ3) is 5.46. The summed E-state index contributed by atoms with van der Waals surface area (Å²) in [7, 11) is 0. The molecule has 1 unspecified atom stereocenters. The molecule has 6 heteroatoms. The maximum absolute atomic E-state index is 12.9.